The highest BCUT2D eigenvalue weighted by Gasteiger charge is 2.32. The fourth-order valence-electron chi connectivity index (χ4n) is 2.89. The summed E-state index contributed by atoms with van der Waals surface area (Å²) in [6.45, 7) is 2.01. The summed E-state index contributed by atoms with van der Waals surface area (Å²) in [4.78, 5) is 27.3. The van der Waals surface area contributed by atoms with Crippen LogP contribution in [0.2, 0.25) is 0 Å². The van der Waals surface area contributed by atoms with Crippen molar-refractivity contribution in [1.82, 2.24) is 14.3 Å². The highest BCUT2D eigenvalue weighted by molar-refractivity contribution is 8.16. The maximum Gasteiger partial charge on any atom is 0.252 e. The van der Waals surface area contributed by atoms with Crippen LogP contribution in [0.15, 0.2) is 33.8 Å². The topological polar surface area (TPSA) is 103 Å². The third kappa shape index (κ3) is 4.12. The minimum Gasteiger partial charge on any atom is -0.389 e. The summed E-state index contributed by atoms with van der Waals surface area (Å²) in [6.07, 6.45) is 4.01. The molecule has 0 unspecified atom stereocenters. The molecule has 0 aliphatic heterocycles. The minimum atomic E-state index is -0.354. The first-order valence-electron chi connectivity index (χ1n) is 8.46. The van der Waals surface area contributed by atoms with E-state index in [-0.39, 0.29) is 27.4 Å². The van der Waals surface area contributed by atoms with E-state index in [1.165, 1.54) is 11.3 Å². The van der Waals surface area contributed by atoms with Gasteiger partial charge in [-0.25, -0.2) is 4.98 Å². The van der Waals surface area contributed by atoms with Crippen molar-refractivity contribution >= 4 is 60.8 Å². The lowest BCUT2D eigenvalue weighted by Crippen LogP contribution is -2.24. The average molecular weight is 420 g/mol. The van der Waals surface area contributed by atoms with Gasteiger partial charge in [-0.05, 0) is 56.5 Å². The molecule has 1 aliphatic carbocycles. The number of benzene rings is 1. The van der Waals surface area contributed by atoms with E-state index in [1.54, 1.807) is 0 Å². The van der Waals surface area contributed by atoms with Gasteiger partial charge >= 0.3 is 0 Å². The van der Waals surface area contributed by atoms with Crippen LogP contribution in [0, 0.1) is 0 Å². The Hall–Kier alpha value is -2.04. The first-order valence-corrected chi connectivity index (χ1v) is 10.9. The number of hydrogen-bond donors (Lipinski definition) is 1. The number of thiazole rings is 1. The number of anilines is 1. The van der Waals surface area contributed by atoms with Gasteiger partial charge in [-0.15, -0.1) is 11.3 Å². The van der Waals surface area contributed by atoms with Crippen molar-refractivity contribution in [2.45, 2.75) is 42.5 Å². The molecule has 2 N–H and O–H groups in total. The molecule has 1 fully saturated rings. The molecular weight excluding hydrogens is 402 g/mol. The van der Waals surface area contributed by atoms with Gasteiger partial charge in [0.2, 0.25) is 11.5 Å². The van der Waals surface area contributed by atoms with E-state index in [4.69, 9.17) is 10.6 Å². The SMILES string of the molecule is CC1(O/N=C(\C(=O)Sc2nc3ccccc3s2)c2nsc(N)n2)CCCC1. The number of rotatable bonds is 5. The number of nitrogens with zero attached hydrogens (tertiary/aromatic N) is 4. The van der Waals surface area contributed by atoms with Crippen LogP contribution in [0.5, 0.6) is 0 Å². The number of oxime groups is 1. The number of para-hydroxylation sites is 1. The molecule has 1 aromatic carbocycles. The summed E-state index contributed by atoms with van der Waals surface area (Å²) < 4.78 is 5.80. The minimum absolute atomic E-state index is 0.0698. The maximum atomic E-state index is 12.9. The first-order chi connectivity index (χ1) is 13.0. The molecule has 0 radical (unpaired) electrons. The van der Waals surface area contributed by atoms with Crippen LogP contribution < -0.4 is 5.73 Å². The van der Waals surface area contributed by atoms with Crippen molar-refractivity contribution in [2.75, 3.05) is 5.73 Å². The maximum absolute atomic E-state index is 12.9. The predicted molar refractivity (Wildman–Crippen MR) is 109 cm³/mol. The fourth-order valence-corrected chi connectivity index (χ4v) is 5.22. The fraction of sp³-hybridized carbons (Fsp3) is 0.353. The van der Waals surface area contributed by atoms with Gasteiger partial charge in [-0.2, -0.15) is 9.36 Å². The van der Waals surface area contributed by atoms with Crippen molar-refractivity contribution < 1.29 is 9.63 Å². The Labute approximate surface area is 168 Å². The first kappa shape index (κ1) is 18.3. The van der Waals surface area contributed by atoms with E-state index >= 15 is 0 Å². The zero-order valence-corrected chi connectivity index (χ0v) is 17.0. The van der Waals surface area contributed by atoms with Crippen LogP contribution in [-0.2, 0) is 9.63 Å². The van der Waals surface area contributed by atoms with Gasteiger partial charge in [-0.1, -0.05) is 17.3 Å². The molecule has 10 heteroatoms. The Balaban J connectivity index is 1.59. The van der Waals surface area contributed by atoms with Crippen molar-refractivity contribution in [3.63, 3.8) is 0 Å². The predicted octanol–water partition coefficient (Wildman–Crippen LogP) is 4.10. The van der Waals surface area contributed by atoms with Gasteiger partial charge in [0.1, 0.15) is 5.60 Å². The molecule has 140 valence electrons. The molecule has 2 heterocycles. The molecule has 0 saturated heterocycles. The molecule has 3 aromatic rings. The lowest BCUT2D eigenvalue weighted by molar-refractivity contribution is -0.106. The number of carbonyl (C=O) groups excluding carboxylic acids is 1. The molecule has 1 aliphatic rings. The van der Waals surface area contributed by atoms with E-state index in [0.29, 0.717) is 4.34 Å². The summed E-state index contributed by atoms with van der Waals surface area (Å²) in [7, 11) is 0. The van der Waals surface area contributed by atoms with Crippen LogP contribution in [0.1, 0.15) is 38.4 Å². The molecule has 2 aromatic heterocycles. The Bertz CT molecular complexity index is 974. The van der Waals surface area contributed by atoms with Gasteiger partial charge in [0, 0.05) is 11.5 Å². The number of nitrogens with two attached hydrogens (primary N) is 1. The van der Waals surface area contributed by atoms with Crippen LogP contribution >= 0.6 is 34.6 Å². The molecule has 7 nitrogen and oxygen atoms in total. The van der Waals surface area contributed by atoms with Crippen LogP contribution in [0.4, 0.5) is 5.13 Å². The van der Waals surface area contributed by atoms with E-state index < -0.39 is 0 Å². The van der Waals surface area contributed by atoms with Crippen LogP contribution in [-0.4, -0.2) is 30.8 Å². The summed E-state index contributed by atoms with van der Waals surface area (Å²) in [5.74, 6) is 0.192. The zero-order valence-electron chi connectivity index (χ0n) is 14.5. The van der Waals surface area contributed by atoms with E-state index in [2.05, 4.69) is 19.5 Å². The Morgan fingerprint density at radius 2 is 2.07 bits per heavy atom. The second-order valence-corrected chi connectivity index (χ2v) is 9.52. The molecule has 4 rings (SSSR count). The molecule has 0 amide bonds. The van der Waals surface area contributed by atoms with Gasteiger partial charge in [0.05, 0.1) is 10.2 Å². The van der Waals surface area contributed by atoms with Crippen LogP contribution in [0.3, 0.4) is 0 Å². The largest absolute Gasteiger partial charge is 0.389 e. The lowest BCUT2D eigenvalue weighted by Gasteiger charge is -2.20. The van der Waals surface area contributed by atoms with Crippen molar-refractivity contribution in [3.05, 3.63) is 30.1 Å². The van der Waals surface area contributed by atoms with Crippen molar-refractivity contribution in [1.29, 1.82) is 0 Å². The third-order valence-electron chi connectivity index (χ3n) is 4.32. The van der Waals surface area contributed by atoms with Gasteiger partial charge in [-0.3, -0.25) is 4.79 Å². The van der Waals surface area contributed by atoms with E-state index in [0.717, 1.165) is 59.2 Å². The number of fused-ring (bicyclic) bond motifs is 1. The standard InChI is InChI=1S/C17H17N5O2S3/c1-17(8-4-5-9-17)24-21-12(13-20-15(18)27-22-13)14(23)26-16-19-10-6-2-3-7-11(10)25-16/h2-3,6-7H,4-5,8-9H2,1H3,(H2,18,20,22)/b21-12-. The number of nitrogen functional groups attached to an aromatic ring is 1. The average Bonchev–Trinajstić information content (AvgIpc) is 3.35. The third-order valence-corrected chi connectivity index (χ3v) is 6.84. The summed E-state index contributed by atoms with van der Waals surface area (Å²) in [5, 5.41) is 4.13. The molecule has 0 atom stereocenters. The summed E-state index contributed by atoms with van der Waals surface area (Å²) in [6, 6.07) is 7.76. The number of carbonyl (C=O) groups is 1. The number of aromatic nitrogens is 3. The lowest BCUT2D eigenvalue weighted by atomic mass is 10.1. The molecule has 1 saturated carbocycles. The summed E-state index contributed by atoms with van der Waals surface area (Å²) in [5.41, 5.74) is 6.26. The van der Waals surface area contributed by atoms with Gasteiger partial charge in [0.15, 0.2) is 9.47 Å². The van der Waals surface area contributed by atoms with Gasteiger partial charge < -0.3 is 10.6 Å². The summed E-state index contributed by atoms with van der Waals surface area (Å²) >= 11 is 3.49. The number of hydrogen-bond acceptors (Lipinski definition) is 10. The molecular formula is C17H17N5O2S3. The highest BCUT2D eigenvalue weighted by atomic mass is 32.2. The van der Waals surface area contributed by atoms with Crippen molar-refractivity contribution in [2.24, 2.45) is 5.16 Å². The number of thioether (sulfide) groups is 1. The normalized spacial score (nSPS) is 16.7. The smallest absolute Gasteiger partial charge is 0.252 e. The van der Waals surface area contributed by atoms with E-state index in [9.17, 15) is 4.79 Å². The Kier molecular flexibility index (Phi) is 5.11. The Morgan fingerprint density at radius 1 is 1.30 bits per heavy atom. The Morgan fingerprint density at radius 3 is 2.78 bits per heavy atom. The van der Waals surface area contributed by atoms with Crippen LogP contribution in [0.25, 0.3) is 10.2 Å². The molecule has 0 spiro atoms. The van der Waals surface area contributed by atoms with Gasteiger partial charge in [0.25, 0.3) is 5.12 Å². The zero-order chi connectivity index (χ0) is 18.9. The second kappa shape index (κ2) is 7.53. The quantitative estimate of drug-likeness (QED) is 0.377. The van der Waals surface area contributed by atoms with Crippen molar-refractivity contribution in [3.8, 4) is 0 Å². The highest BCUT2D eigenvalue weighted by Crippen LogP contribution is 2.34. The van der Waals surface area contributed by atoms with E-state index in [1.807, 2.05) is 31.2 Å². The molecule has 0 bridgehead atoms. The monoisotopic (exact) mass is 419 g/mol. The second-order valence-electron chi connectivity index (χ2n) is 6.48. The molecule has 27 heavy (non-hydrogen) atoms.